The van der Waals surface area contributed by atoms with Gasteiger partial charge in [0.2, 0.25) is 0 Å². The highest BCUT2D eigenvalue weighted by Gasteiger charge is 2.30. The van der Waals surface area contributed by atoms with Crippen LogP contribution in [0.1, 0.15) is 52.4 Å². The smallest absolute Gasteiger partial charge is 0.279 e. The molecule has 3 N–H and O–H groups in total. The van der Waals surface area contributed by atoms with Crippen LogP contribution in [0.25, 0.3) is 0 Å². The first-order valence-electron chi connectivity index (χ1n) is 7.44. The predicted molar refractivity (Wildman–Crippen MR) is 79.0 cm³/mol. The summed E-state index contributed by atoms with van der Waals surface area (Å²) >= 11 is 0. The van der Waals surface area contributed by atoms with Crippen LogP contribution < -0.4 is 10.5 Å². The molecule has 19 heavy (non-hydrogen) atoms. The molecule has 0 bridgehead atoms. The fourth-order valence-electron chi connectivity index (χ4n) is 2.49. The Morgan fingerprint density at radius 1 is 1.32 bits per heavy atom. The second-order valence-electron chi connectivity index (χ2n) is 5.79. The van der Waals surface area contributed by atoms with E-state index in [1.807, 2.05) is 0 Å². The molecule has 0 aromatic rings. The van der Waals surface area contributed by atoms with E-state index in [0.717, 1.165) is 38.5 Å². The number of nitrogens with zero attached hydrogens (tertiary/aromatic N) is 1. The number of unbranched alkanes of at least 4 members (excludes halogenated alkanes) is 1. The number of hydrogen-bond donors (Lipinski definition) is 2. The minimum atomic E-state index is -3.34. The van der Waals surface area contributed by atoms with Gasteiger partial charge in [-0.1, -0.05) is 33.1 Å². The van der Waals surface area contributed by atoms with E-state index >= 15 is 0 Å². The monoisotopic (exact) mass is 291 g/mol. The van der Waals surface area contributed by atoms with E-state index in [9.17, 15) is 8.42 Å². The van der Waals surface area contributed by atoms with E-state index in [2.05, 4.69) is 18.6 Å². The molecule has 0 radical (unpaired) electrons. The third kappa shape index (κ3) is 5.77. The van der Waals surface area contributed by atoms with E-state index in [0.29, 0.717) is 25.6 Å². The van der Waals surface area contributed by atoms with Crippen molar-refractivity contribution in [2.24, 2.45) is 11.7 Å². The first kappa shape index (κ1) is 16.9. The third-order valence-corrected chi connectivity index (χ3v) is 5.31. The summed E-state index contributed by atoms with van der Waals surface area (Å²) in [6.07, 6.45) is 6.01. The van der Waals surface area contributed by atoms with Gasteiger partial charge in [0.05, 0.1) is 0 Å². The molecule has 6 heteroatoms. The lowest BCUT2D eigenvalue weighted by atomic mass is 10.1. The Bertz CT molecular complexity index is 344. The lowest BCUT2D eigenvalue weighted by Crippen LogP contribution is -2.51. The third-order valence-electron chi connectivity index (χ3n) is 3.65. The summed E-state index contributed by atoms with van der Waals surface area (Å²) in [6.45, 7) is 5.91. The average molecular weight is 291 g/mol. The molecule has 1 heterocycles. The van der Waals surface area contributed by atoms with Gasteiger partial charge in [0.25, 0.3) is 10.2 Å². The summed E-state index contributed by atoms with van der Waals surface area (Å²) in [7, 11) is -3.34. The van der Waals surface area contributed by atoms with E-state index in [4.69, 9.17) is 5.73 Å². The molecule has 0 aromatic heterocycles. The minimum absolute atomic E-state index is 0.0260. The molecule has 1 fully saturated rings. The second-order valence-corrected chi connectivity index (χ2v) is 7.49. The van der Waals surface area contributed by atoms with Crippen molar-refractivity contribution in [1.82, 2.24) is 9.03 Å². The Balaban J connectivity index is 2.37. The van der Waals surface area contributed by atoms with Gasteiger partial charge < -0.3 is 5.73 Å². The maximum Gasteiger partial charge on any atom is 0.279 e. The van der Waals surface area contributed by atoms with Gasteiger partial charge in [-0.25, -0.2) is 4.72 Å². The number of nitrogens with one attached hydrogen (secondary N) is 1. The first-order chi connectivity index (χ1) is 8.97. The molecular formula is C13H29N3O2S. The molecule has 1 rings (SSSR count). The molecule has 1 unspecified atom stereocenters. The molecule has 114 valence electrons. The quantitative estimate of drug-likeness (QED) is 0.665. The lowest BCUT2D eigenvalue weighted by Gasteiger charge is -2.33. The average Bonchev–Trinajstić information content (AvgIpc) is 2.37. The van der Waals surface area contributed by atoms with Crippen molar-refractivity contribution in [3.63, 3.8) is 0 Å². The second kappa shape index (κ2) is 8.19. The van der Waals surface area contributed by atoms with Crippen molar-refractivity contribution in [1.29, 1.82) is 0 Å². The van der Waals surface area contributed by atoms with Crippen LogP contribution in [0.15, 0.2) is 0 Å². The Hall–Kier alpha value is -0.170. The minimum Gasteiger partial charge on any atom is -0.329 e. The van der Waals surface area contributed by atoms with Crippen LogP contribution in [0.3, 0.4) is 0 Å². The highest BCUT2D eigenvalue weighted by atomic mass is 32.2. The zero-order chi connectivity index (χ0) is 14.3. The highest BCUT2D eigenvalue weighted by molar-refractivity contribution is 7.87. The van der Waals surface area contributed by atoms with Crippen molar-refractivity contribution in [3.8, 4) is 0 Å². The summed E-state index contributed by atoms with van der Waals surface area (Å²) in [5.41, 5.74) is 5.67. The first-order valence-corrected chi connectivity index (χ1v) is 8.88. The van der Waals surface area contributed by atoms with Gasteiger partial charge in [0, 0.05) is 25.7 Å². The molecule has 0 spiro atoms. The summed E-state index contributed by atoms with van der Waals surface area (Å²) < 4.78 is 28.7. The normalized spacial score (nSPS) is 22.0. The molecular weight excluding hydrogens is 262 g/mol. The molecule has 1 aliphatic rings. The predicted octanol–water partition coefficient (Wildman–Crippen LogP) is 1.46. The van der Waals surface area contributed by atoms with Crippen LogP contribution >= 0.6 is 0 Å². The standard InChI is InChI=1S/C13H29N3O2S/c1-12(2)7-3-5-9-15-19(17,18)16-10-6-4-8-13(16)11-14/h12-13,15H,3-11,14H2,1-2H3. The fraction of sp³-hybridized carbons (Fsp3) is 1.00. The van der Waals surface area contributed by atoms with Crippen LogP contribution in [0.4, 0.5) is 0 Å². The van der Waals surface area contributed by atoms with Crippen molar-refractivity contribution >= 4 is 10.2 Å². The molecule has 5 nitrogen and oxygen atoms in total. The molecule has 1 atom stereocenters. The van der Waals surface area contributed by atoms with Crippen LogP contribution in [-0.2, 0) is 10.2 Å². The molecule has 0 aliphatic carbocycles. The van der Waals surface area contributed by atoms with Crippen LogP contribution in [0, 0.1) is 5.92 Å². The largest absolute Gasteiger partial charge is 0.329 e. The Morgan fingerprint density at radius 3 is 2.68 bits per heavy atom. The molecule has 0 amide bonds. The van der Waals surface area contributed by atoms with E-state index in [-0.39, 0.29) is 6.04 Å². The van der Waals surface area contributed by atoms with Gasteiger partial charge in [-0.05, 0) is 25.2 Å². The van der Waals surface area contributed by atoms with Crippen LogP contribution in [0.5, 0.6) is 0 Å². The Morgan fingerprint density at radius 2 is 2.05 bits per heavy atom. The summed E-state index contributed by atoms with van der Waals surface area (Å²) in [5.74, 6) is 0.681. The number of piperidine rings is 1. The molecule has 0 aromatic carbocycles. The van der Waals surface area contributed by atoms with Gasteiger partial charge in [-0.15, -0.1) is 0 Å². The zero-order valence-corrected chi connectivity index (χ0v) is 13.1. The zero-order valence-electron chi connectivity index (χ0n) is 12.3. The van der Waals surface area contributed by atoms with Crippen LogP contribution in [0.2, 0.25) is 0 Å². The lowest BCUT2D eigenvalue weighted by molar-refractivity contribution is 0.254. The van der Waals surface area contributed by atoms with Crippen molar-refractivity contribution in [2.75, 3.05) is 19.6 Å². The van der Waals surface area contributed by atoms with E-state index in [1.54, 1.807) is 4.31 Å². The van der Waals surface area contributed by atoms with Gasteiger partial charge in [0.15, 0.2) is 0 Å². The van der Waals surface area contributed by atoms with Crippen molar-refractivity contribution in [2.45, 2.75) is 58.4 Å². The van der Waals surface area contributed by atoms with Crippen molar-refractivity contribution < 1.29 is 8.42 Å². The van der Waals surface area contributed by atoms with Crippen LogP contribution in [-0.4, -0.2) is 38.4 Å². The molecule has 0 saturated carbocycles. The van der Waals surface area contributed by atoms with E-state index in [1.165, 1.54) is 0 Å². The number of rotatable bonds is 8. The van der Waals surface area contributed by atoms with E-state index < -0.39 is 10.2 Å². The topological polar surface area (TPSA) is 75.4 Å². The molecule has 1 saturated heterocycles. The van der Waals surface area contributed by atoms with Gasteiger partial charge in [-0.2, -0.15) is 12.7 Å². The summed E-state index contributed by atoms with van der Waals surface area (Å²) in [6, 6.07) is -0.0260. The maximum absolute atomic E-state index is 12.2. The summed E-state index contributed by atoms with van der Waals surface area (Å²) in [4.78, 5) is 0. The maximum atomic E-state index is 12.2. The number of hydrogen-bond acceptors (Lipinski definition) is 3. The van der Waals surface area contributed by atoms with Crippen molar-refractivity contribution in [3.05, 3.63) is 0 Å². The van der Waals surface area contributed by atoms with Gasteiger partial charge in [0.1, 0.15) is 0 Å². The molecule has 1 aliphatic heterocycles. The van der Waals surface area contributed by atoms with Gasteiger partial charge in [-0.3, -0.25) is 0 Å². The SMILES string of the molecule is CC(C)CCCCNS(=O)(=O)N1CCCCC1CN. The Labute approximate surface area is 118 Å². The summed E-state index contributed by atoms with van der Waals surface area (Å²) in [5, 5.41) is 0. The Kier molecular flexibility index (Phi) is 7.28. The fourth-order valence-corrected chi connectivity index (χ4v) is 4.01. The highest BCUT2D eigenvalue weighted by Crippen LogP contribution is 2.18. The number of nitrogens with two attached hydrogens (primary N) is 1. The van der Waals surface area contributed by atoms with Gasteiger partial charge >= 0.3 is 0 Å².